The van der Waals surface area contributed by atoms with Gasteiger partial charge >= 0.3 is 0 Å². The molecule has 2 heterocycles. The van der Waals surface area contributed by atoms with Crippen molar-refractivity contribution in [3.63, 3.8) is 0 Å². The minimum atomic E-state index is 0.0150. The number of fused-ring (bicyclic) bond motifs is 1. The number of carbonyl (C=O) groups excluding carboxylic acids is 1. The molecule has 0 spiro atoms. The molecule has 0 bridgehead atoms. The van der Waals surface area contributed by atoms with Gasteiger partial charge in [0.15, 0.2) is 5.78 Å². The third kappa shape index (κ3) is 3.14. The SMILES string of the molecule is CCC(I)C(=O)c1cccc(Nc2ccc3cc[nH]c3n2)c1. The summed E-state index contributed by atoms with van der Waals surface area (Å²) in [5.41, 5.74) is 2.44. The molecule has 3 aromatic rings. The zero-order chi connectivity index (χ0) is 15.5. The maximum atomic E-state index is 12.3. The van der Waals surface area contributed by atoms with Crippen molar-refractivity contribution >= 4 is 50.9 Å². The van der Waals surface area contributed by atoms with Crippen LogP contribution >= 0.6 is 22.6 Å². The second kappa shape index (κ2) is 6.48. The summed E-state index contributed by atoms with van der Waals surface area (Å²) in [5.74, 6) is 0.917. The first kappa shape index (κ1) is 15.0. The van der Waals surface area contributed by atoms with Crippen LogP contribution in [0, 0.1) is 0 Å². The standard InChI is InChI=1S/C17H16IN3O/c1-2-14(18)16(22)12-4-3-5-13(10-12)20-15-7-6-11-8-9-19-17(11)21-15/h3-10,14H,2H2,1H3,(H2,19,20,21). The van der Waals surface area contributed by atoms with Crippen LogP contribution in [0.3, 0.4) is 0 Å². The average Bonchev–Trinajstić information content (AvgIpc) is 3.01. The lowest BCUT2D eigenvalue weighted by Gasteiger charge is -2.09. The van der Waals surface area contributed by atoms with Gasteiger partial charge in [-0.3, -0.25) is 4.79 Å². The Morgan fingerprint density at radius 1 is 1.32 bits per heavy atom. The van der Waals surface area contributed by atoms with Gasteiger partial charge < -0.3 is 10.3 Å². The average molecular weight is 405 g/mol. The molecule has 3 rings (SSSR count). The molecular weight excluding hydrogens is 389 g/mol. The van der Waals surface area contributed by atoms with E-state index in [-0.39, 0.29) is 9.71 Å². The summed E-state index contributed by atoms with van der Waals surface area (Å²) in [6, 6.07) is 13.5. The monoisotopic (exact) mass is 405 g/mol. The van der Waals surface area contributed by atoms with Crippen molar-refractivity contribution in [2.24, 2.45) is 0 Å². The minimum absolute atomic E-state index is 0.0150. The van der Waals surface area contributed by atoms with Gasteiger partial charge in [0.05, 0.1) is 3.92 Å². The van der Waals surface area contributed by atoms with Crippen molar-refractivity contribution in [2.45, 2.75) is 17.3 Å². The molecule has 0 fully saturated rings. The number of nitrogens with one attached hydrogen (secondary N) is 2. The number of H-pyrrole nitrogens is 1. The second-order valence-electron chi connectivity index (χ2n) is 5.06. The Kier molecular flexibility index (Phi) is 4.42. The van der Waals surface area contributed by atoms with E-state index in [9.17, 15) is 4.79 Å². The molecule has 112 valence electrons. The number of carbonyl (C=O) groups is 1. The number of aromatic amines is 1. The zero-order valence-corrected chi connectivity index (χ0v) is 14.3. The number of hydrogen-bond acceptors (Lipinski definition) is 3. The van der Waals surface area contributed by atoms with Crippen LogP contribution in [0.2, 0.25) is 0 Å². The van der Waals surface area contributed by atoms with E-state index in [1.807, 2.05) is 55.6 Å². The Labute approximate surface area is 142 Å². The topological polar surface area (TPSA) is 57.8 Å². The molecular formula is C17H16IN3O. The lowest BCUT2D eigenvalue weighted by atomic mass is 10.1. The molecule has 0 aliphatic rings. The molecule has 1 aromatic carbocycles. The third-order valence-corrected chi connectivity index (χ3v) is 4.92. The van der Waals surface area contributed by atoms with Crippen LogP contribution in [0.25, 0.3) is 11.0 Å². The van der Waals surface area contributed by atoms with Gasteiger partial charge in [0.25, 0.3) is 0 Å². The number of hydrogen-bond donors (Lipinski definition) is 2. The molecule has 5 heteroatoms. The Balaban J connectivity index is 1.84. The first-order valence-corrected chi connectivity index (χ1v) is 8.41. The number of nitrogens with zero attached hydrogens (tertiary/aromatic N) is 1. The smallest absolute Gasteiger partial charge is 0.175 e. The first-order valence-electron chi connectivity index (χ1n) is 7.17. The van der Waals surface area contributed by atoms with Crippen molar-refractivity contribution in [3.8, 4) is 0 Å². The maximum absolute atomic E-state index is 12.3. The van der Waals surface area contributed by atoms with E-state index in [4.69, 9.17) is 0 Å². The quantitative estimate of drug-likeness (QED) is 0.368. The van der Waals surface area contributed by atoms with E-state index in [2.05, 4.69) is 37.9 Å². The van der Waals surface area contributed by atoms with Gasteiger partial charge in [-0.15, -0.1) is 0 Å². The number of benzene rings is 1. The number of Topliss-reactive ketones (excluding diaryl/α,β-unsaturated/α-hetero) is 1. The molecule has 4 nitrogen and oxygen atoms in total. The van der Waals surface area contributed by atoms with Crippen molar-refractivity contribution in [3.05, 3.63) is 54.2 Å². The largest absolute Gasteiger partial charge is 0.346 e. The maximum Gasteiger partial charge on any atom is 0.175 e. The number of halogens is 1. The highest BCUT2D eigenvalue weighted by Crippen LogP contribution is 2.21. The lowest BCUT2D eigenvalue weighted by molar-refractivity contribution is 0.0993. The van der Waals surface area contributed by atoms with E-state index in [1.54, 1.807) is 0 Å². The van der Waals surface area contributed by atoms with Gasteiger partial charge in [-0.1, -0.05) is 41.6 Å². The molecule has 0 aliphatic carbocycles. The van der Waals surface area contributed by atoms with Gasteiger partial charge in [-0.05, 0) is 36.8 Å². The Bertz CT molecular complexity index is 812. The fourth-order valence-electron chi connectivity index (χ4n) is 2.26. The van der Waals surface area contributed by atoms with Crippen LogP contribution < -0.4 is 5.32 Å². The van der Waals surface area contributed by atoms with Gasteiger partial charge in [0, 0.05) is 22.8 Å². The van der Waals surface area contributed by atoms with Gasteiger partial charge in [0.1, 0.15) is 11.5 Å². The number of pyridine rings is 1. The summed E-state index contributed by atoms with van der Waals surface area (Å²) in [4.78, 5) is 19.9. The fraction of sp³-hybridized carbons (Fsp3) is 0.176. The summed E-state index contributed by atoms with van der Waals surface area (Å²) in [5, 5.41) is 4.33. The van der Waals surface area contributed by atoms with Crippen LogP contribution in [-0.2, 0) is 0 Å². The van der Waals surface area contributed by atoms with Crippen LogP contribution in [-0.4, -0.2) is 19.7 Å². The fourth-order valence-corrected chi connectivity index (χ4v) is 2.62. The summed E-state index contributed by atoms with van der Waals surface area (Å²) in [6.07, 6.45) is 2.70. The van der Waals surface area contributed by atoms with Gasteiger partial charge in [0.2, 0.25) is 0 Å². The molecule has 0 amide bonds. The van der Waals surface area contributed by atoms with Crippen LogP contribution in [0.15, 0.2) is 48.7 Å². The molecule has 1 atom stereocenters. The van der Waals surface area contributed by atoms with Crippen molar-refractivity contribution in [1.29, 1.82) is 0 Å². The number of ketones is 1. The Morgan fingerprint density at radius 2 is 2.18 bits per heavy atom. The van der Waals surface area contributed by atoms with Crippen molar-refractivity contribution < 1.29 is 4.79 Å². The molecule has 0 aliphatic heterocycles. The summed E-state index contributed by atoms with van der Waals surface area (Å²) < 4.78 is 0.0150. The zero-order valence-electron chi connectivity index (χ0n) is 12.1. The van der Waals surface area contributed by atoms with Crippen LogP contribution in [0.5, 0.6) is 0 Å². The van der Waals surface area contributed by atoms with Gasteiger partial charge in [-0.25, -0.2) is 4.98 Å². The van der Waals surface area contributed by atoms with Gasteiger partial charge in [-0.2, -0.15) is 0 Å². The highest BCUT2D eigenvalue weighted by Gasteiger charge is 2.15. The number of rotatable bonds is 5. The number of anilines is 2. The van der Waals surface area contributed by atoms with E-state index < -0.39 is 0 Å². The van der Waals surface area contributed by atoms with Crippen LogP contribution in [0.1, 0.15) is 23.7 Å². The normalized spacial score (nSPS) is 12.3. The van der Waals surface area contributed by atoms with Crippen molar-refractivity contribution in [2.75, 3.05) is 5.32 Å². The number of aromatic nitrogens is 2. The minimum Gasteiger partial charge on any atom is -0.346 e. The number of alkyl halides is 1. The second-order valence-corrected chi connectivity index (χ2v) is 6.56. The van der Waals surface area contributed by atoms with E-state index in [0.717, 1.165) is 34.5 Å². The molecule has 2 aromatic heterocycles. The molecule has 22 heavy (non-hydrogen) atoms. The highest BCUT2D eigenvalue weighted by molar-refractivity contribution is 14.1. The lowest BCUT2D eigenvalue weighted by Crippen LogP contribution is -2.12. The molecule has 0 radical (unpaired) electrons. The molecule has 0 saturated carbocycles. The molecule has 0 saturated heterocycles. The van der Waals surface area contributed by atoms with E-state index in [1.165, 1.54) is 0 Å². The first-order chi connectivity index (χ1) is 10.7. The summed E-state index contributed by atoms with van der Waals surface area (Å²) in [7, 11) is 0. The predicted molar refractivity (Wildman–Crippen MR) is 98.2 cm³/mol. The predicted octanol–water partition coefficient (Wildman–Crippen LogP) is 4.70. The molecule has 2 N–H and O–H groups in total. The highest BCUT2D eigenvalue weighted by atomic mass is 127. The van der Waals surface area contributed by atoms with Crippen molar-refractivity contribution in [1.82, 2.24) is 9.97 Å². The Hall–Kier alpha value is -1.89. The summed E-state index contributed by atoms with van der Waals surface area (Å²) in [6.45, 7) is 2.02. The van der Waals surface area contributed by atoms with Crippen LogP contribution in [0.4, 0.5) is 11.5 Å². The van der Waals surface area contributed by atoms with E-state index in [0.29, 0.717) is 0 Å². The third-order valence-electron chi connectivity index (χ3n) is 3.47. The Morgan fingerprint density at radius 3 is 3.00 bits per heavy atom. The molecule has 1 unspecified atom stereocenters. The van der Waals surface area contributed by atoms with E-state index >= 15 is 0 Å². The summed E-state index contributed by atoms with van der Waals surface area (Å²) >= 11 is 2.19.